The lowest BCUT2D eigenvalue weighted by Gasteiger charge is -2.01. The summed E-state index contributed by atoms with van der Waals surface area (Å²) in [5.41, 5.74) is 7.33. The second-order valence-corrected chi connectivity index (χ2v) is 4.46. The number of nitrogens with two attached hydrogens (primary N) is 1. The van der Waals surface area contributed by atoms with Crippen LogP contribution >= 0.6 is 0 Å². The molecule has 0 saturated carbocycles. The highest BCUT2D eigenvalue weighted by Gasteiger charge is 2.27. The number of halogens is 3. The summed E-state index contributed by atoms with van der Waals surface area (Å²) in [6.07, 6.45) is -4.29. The van der Waals surface area contributed by atoms with Crippen LogP contribution in [0.15, 0.2) is 28.8 Å². The van der Waals surface area contributed by atoms with E-state index in [0.29, 0.717) is 24.4 Å². The number of alkyl halides is 3. The number of aryl methyl sites for hydroxylation is 3. The van der Waals surface area contributed by atoms with Gasteiger partial charge in [-0.25, -0.2) is 0 Å². The van der Waals surface area contributed by atoms with E-state index in [0.717, 1.165) is 5.56 Å². The molecule has 4 nitrogen and oxygen atoms in total. The SMILES string of the molecule is Nc1cccc(CCc2nc(CCC(F)(F)F)no2)c1. The van der Waals surface area contributed by atoms with E-state index in [9.17, 15) is 13.2 Å². The predicted molar refractivity (Wildman–Crippen MR) is 66.9 cm³/mol. The molecule has 0 amide bonds. The summed E-state index contributed by atoms with van der Waals surface area (Å²) in [6.45, 7) is 0. The molecule has 108 valence electrons. The molecule has 1 aromatic heterocycles. The normalized spacial score (nSPS) is 11.8. The molecule has 20 heavy (non-hydrogen) atoms. The fourth-order valence-corrected chi connectivity index (χ4v) is 1.75. The van der Waals surface area contributed by atoms with E-state index in [-0.39, 0.29) is 12.2 Å². The van der Waals surface area contributed by atoms with Crippen LogP contribution in [0, 0.1) is 0 Å². The average Bonchev–Trinajstić information content (AvgIpc) is 2.81. The van der Waals surface area contributed by atoms with Gasteiger partial charge in [0.15, 0.2) is 5.82 Å². The van der Waals surface area contributed by atoms with Crippen LogP contribution in [0.1, 0.15) is 23.7 Å². The van der Waals surface area contributed by atoms with Gasteiger partial charge in [0.05, 0.1) is 6.42 Å². The van der Waals surface area contributed by atoms with Crippen LogP contribution in [0.4, 0.5) is 18.9 Å². The fourth-order valence-electron chi connectivity index (χ4n) is 1.75. The van der Waals surface area contributed by atoms with Crippen molar-refractivity contribution in [2.24, 2.45) is 0 Å². The van der Waals surface area contributed by atoms with E-state index in [1.807, 2.05) is 18.2 Å². The molecule has 7 heteroatoms. The molecule has 0 unspecified atom stereocenters. The van der Waals surface area contributed by atoms with Gasteiger partial charge in [0.2, 0.25) is 5.89 Å². The van der Waals surface area contributed by atoms with Gasteiger partial charge in [0.1, 0.15) is 0 Å². The minimum absolute atomic E-state index is 0.0879. The van der Waals surface area contributed by atoms with Crippen LogP contribution < -0.4 is 5.73 Å². The fraction of sp³-hybridized carbons (Fsp3) is 0.385. The smallest absolute Gasteiger partial charge is 0.389 e. The standard InChI is InChI=1S/C13H14F3N3O/c14-13(15,16)7-6-11-18-12(20-19-11)5-4-9-2-1-3-10(17)8-9/h1-3,8H,4-7,17H2. The molecule has 1 heterocycles. The number of nitrogens with zero attached hydrogens (tertiary/aromatic N) is 2. The number of rotatable bonds is 5. The van der Waals surface area contributed by atoms with Crippen molar-refractivity contribution in [1.29, 1.82) is 0 Å². The Morgan fingerprint density at radius 1 is 1.15 bits per heavy atom. The molecular weight excluding hydrogens is 271 g/mol. The molecule has 2 aromatic rings. The van der Waals surface area contributed by atoms with Gasteiger partial charge >= 0.3 is 6.18 Å². The van der Waals surface area contributed by atoms with Crippen LogP contribution in [0.3, 0.4) is 0 Å². The van der Waals surface area contributed by atoms with Crippen molar-refractivity contribution in [2.75, 3.05) is 5.73 Å². The highest BCUT2D eigenvalue weighted by Crippen LogP contribution is 2.21. The third kappa shape index (κ3) is 4.56. The lowest BCUT2D eigenvalue weighted by atomic mass is 10.1. The second-order valence-electron chi connectivity index (χ2n) is 4.46. The molecule has 0 atom stereocenters. The maximum Gasteiger partial charge on any atom is 0.389 e. The Morgan fingerprint density at radius 2 is 1.95 bits per heavy atom. The van der Waals surface area contributed by atoms with E-state index in [2.05, 4.69) is 10.1 Å². The van der Waals surface area contributed by atoms with Crippen molar-refractivity contribution in [3.8, 4) is 0 Å². The van der Waals surface area contributed by atoms with Gasteiger partial charge in [-0.1, -0.05) is 17.3 Å². The molecule has 1 aromatic carbocycles. The molecule has 2 N–H and O–H groups in total. The molecule has 0 aliphatic carbocycles. The minimum Gasteiger partial charge on any atom is -0.399 e. The van der Waals surface area contributed by atoms with Crippen molar-refractivity contribution in [2.45, 2.75) is 31.9 Å². The monoisotopic (exact) mass is 285 g/mol. The number of nitrogen functional groups attached to an aromatic ring is 1. The summed E-state index contributed by atoms with van der Waals surface area (Å²) < 4.78 is 41.1. The summed E-state index contributed by atoms with van der Waals surface area (Å²) >= 11 is 0. The highest BCUT2D eigenvalue weighted by atomic mass is 19.4. The Morgan fingerprint density at radius 3 is 2.65 bits per heavy atom. The minimum atomic E-state index is -4.21. The van der Waals surface area contributed by atoms with Crippen molar-refractivity contribution in [3.63, 3.8) is 0 Å². The van der Waals surface area contributed by atoms with Crippen molar-refractivity contribution in [1.82, 2.24) is 10.1 Å². The molecule has 0 aliphatic rings. The number of anilines is 1. The summed E-state index contributed by atoms with van der Waals surface area (Å²) in [5.74, 6) is 0.425. The zero-order chi connectivity index (χ0) is 14.6. The first-order chi connectivity index (χ1) is 9.42. The third-order valence-electron chi connectivity index (χ3n) is 2.72. The van der Waals surface area contributed by atoms with Gasteiger partial charge < -0.3 is 10.3 Å². The van der Waals surface area contributed by atoms with Gasteiger partial charge in [0, 0.05) is 18.5 Å². The number of aromatic nitrogens is 2. The van der Waals surface area contributed by atoms with Crippen LogP contribution in [0.25, 0.3) is 0 Å². The Balaban J connectivity index is 1.87. The summed E-state index contributed by atoms with van der Waals surface area (Å²) in [7, 11) is 0. The number of benzene rings is 1. The first-order valence-corrected chi connectivity index (χ1v) is 6.15. The second kappa shape index (κ2) is 5.94. The number of hydrogen-bond acceptors (Lipinski definition) is 4. The van der Waals surface area contributed by atoms with Gasteiger partial charge in [-0.3, -0.25) is 0 Å². The van der Waals surface area contributed by atoms with E-state index < -0.39 is 12.6 Å². The van der Waals surface area contributed by atoms with E-state index in [4.69, 9.17) is 10.3 Å². The Hall–Kier alpha value is -2.05. The molecule has 0 aliphatic heterocycles. The molecule has 0 spiro atoms. The first-order valence-electron chi connectivity index (χ1n) is 6.15. The van der Waals surface area contributed by atoms with Gasteiger partial charge in [-0.2, -0.15) is 18.2 Å². The average molecular weight is 285 g/mol. The largest absolute Gasteiger partial charge is 0.399 e. The molecule has 0 bridgehead atoms. The van der Waals surface area contributed by atoms with Crippen LogP contribution in [-0.4, -0.2) is 16.3 Å². The van der Waals surface area contributed by atoms with Crippen LogP contribution in [0.2, 0.25) is 0 Å². The van der Waals surface area contributed by atoms with E-state index in [1.54, 1.807) is 6.07 Å². The van der Waals surface area contributed by atoms with Gasteiger partial charge in [0.25, 0.3) is 0 Å². The van der Waals surface area contributed by atoms with Crippen molar-refractivity contribution >= 4 is 5.69 Å². The molecule has 0 fully saturated rings. The lowest BCUT2D eigenvalue weighted by Crippen LogP contribution is -2.09. The molecule has 0 radical (unpaired) electrons. The quantitative estimate of drug-likeness (QED) is 0.858. The summed E-state index contributed by atoms with van der Waals surface area (Å²) in [5, 5.41) is 3.54. The molecule has 2 rings (SSSR count). The molecular formula is C13H14F3N3O. The van der Waals surface area contributed by atoms with Crippen LogP contribution in [0.5, 0.6) is 0 Å². The predicted octanol–water partition coefficient (Wildman–Crippen LogP) is 2.93. The molecule has 0 saturated heterocycles. The number of hydrogen-bond donors (Lipinski definition) is 1. The Labute approximate surface area is 113 Å². The van der Waals surface area contributed by atoms with Crippen LogP contribution in [-0.2, 0) is 19.3 Å². The topological polar surface area (TPSA) is 64.9 Å². The van der Waals surface area contributed by atoms with Gasteiger partial charge in [-0.05, 0) is 24.1 Å². The Bertz CT molecular complexity index is 566. The summed E-state index contributed by atoms with van der Waals surface area (Å²) in [6, 6.07) is 7.37. The lowest BCUT2D eigenvalue weighted by molar-refractivity contribution is -0.134. The van der Waals surface area contributed by atoms with E-state index in [1.165, 1.54) is 0 Å². The van der Waals surface area contributed by atoms with Gasteiger partial charge in [-0.15, -0.1) is 0 Å². The zero-order valence-electron chi connectivity index (χ0n) is 10.7. The maximum atomic E-state index is 12.1. The zero-order valence-corrected chi connectivity index (χ0v) is 10.7. The van der Waals surface area contributed by atoms with Crippen molar-refractivity contribution in [3.05, 3.63) is 41.5 Å². The first kappa shape index (κ1) is 14.4. The van der Waals surface area contributed by atoms with E-state index >= 15 is 0 Å². The third-order valence-corrected chi connectivity index (χ3v) is 2.72. The highest BCUT2D eigenvalue weighted by molar-refractivity contribution is 5.40. The Kier molecular flexibility index (Phi) is 4.26. The van der Waals surface area contributed by atoms with Crippen molar-refractivity contribution < 1.29 is 17.7 Å². The summed E-state index contributed by atoms with van der Waals surface area (Å²) in [4.78, 5) is 3.94. The maximum absolute atomic E-state index is 12.1.